The largest absolute Gasteiger partial charge is 0.304 e. The van der Waals surface area contributed by atoms with Crippen molar-refractivity contribution in [2.45, 2.75) is 19.5 Å². The maximum Gasteiger partial charge on any atom is 0.130 e. The van der Waals surface area contributed by atoms with Crippen molar-refractivity contribution in [3.63, 3.8) is 0 Å². The summed E-state index contributed by atoms with van der Waals surface area (Å²) in [5.74, 6) is -1.10. The van der Waals surface area contributed by atoms with Crippen molar-refractivity contribution in [2.24, 2.45) is 0 Å². The van der Waals surface area contributed by atoms with Crippen LogP contribution in [0.4, 0.5) is 8.78 Å². The zero-order chi connectivity index (χ0) is 12.3. The van der Waals surface area contributed by atoms with Gasteiger partial charge in [0.15, 0.2) is 0 Å². The molecule has 90 valence electrons. The SMILES string of the molecule is CC(NCc1ccn[nH]1)c1ccc(F)cc1F. The summed E-state index contributed by atoms with van der Waals surface area (Å²) in [6, 6.07) is 5.24. The van der Waals surface area contributed by atoms with Gasteiger partial charge in [-0.15, -0.1) is 0 Å². The van der Waals surface area contributed by atoms with Crippen LogP contribution in [0.15, 0.2) is 30.5 Å². The molecule has 1 aromatic heterocycles. The number of benzene rings is 1. The molecule has 0 aliphatic carbocycles. The molecule has 0 saturated carbocycles. The van der Waals surface area contributed by atoms with Gasteiger partial charge >= 0.3 is 0 Å². The van der Waals surface area contributed by atoms with Gasteiger partial charge in [-0.3, -0.25) is 5.10 Å². The van der Waals surface area contributed by atoms with E-state index in [9.17, 15) is 8.78 Å². The minimum absolute atomic E-state index is 0.195. The standard InChI is InChI=1S/C12H13F2N3/c1-8(15-7-10-4-5-16-17-10)11-3-2-9(13)6-12(11)14/h2-6,8,15H,7H2,1H3,(H,16,17). The molecular formula is C12H13F2N3. The summed E-state index contributed by atoms with van der Waals surface area (Å²) < 4.78 is 26.2. The normalized spacial score (nSPS) is 12.6. The number of aromatic amines is 1. The van der Waals surface area contributed by atoms with Gasteiger partial charge in [-0.1, -0.05) is 6.07 Å². The lowest BCUT2D eigenvalue weighted by molar-refractivity contribution is 0.514. The van der Waals surface area contributed by atoms with E-state index in [-0.39, 0.29) is 6.04 Å². The molecule has 1 aromatic carbocycles. The fraction of sp³-hybridized carbons (Fsp3) is 0.250. The molecule has 0 spiro atoms. The Bertz CT molecular complexity index is 483. The Morgan fingerprint density at radius 2 is 2.18 bits per heavy atom. The summed E-state index contributed by atoms with van der Waals surface area (Å²) in [5.41, 5.74) is 1.37. The van der Waals surface area contributed by atoms with Crippen LogP contribution in [0.1, 0.15) is 24.2 Å². The summed E-state index contributed by atoms with van der Waals surface area (Å²) in [6.07, 6.45) is 1.65. The fourth-order valence-corrected chi connectivity index (χ4v) is 1.61. The van der Waals surface area contributed by atoms with Crippen molar-refractivity contribution in [3.8, 4) is 0 Å². The zero-order valence-electron chi connectivity index (χ0n) is 9.37. The molecule has 1 unspecified atom stereocenters. The van der Waals surface area contributed by atoms with E-state index in [0.29, 0.717) is 12.1 Å². The monoisotopic (exact) mass is 237 g/mol. The van der Waals surface area contributed by atoms with Gasteiger partial charge in [-0.25, -0.2) is 8.78 Å². The lowest BCUT2D eigenvalue weighted by Gasteiger charge is -2.14. The Hall–Kier alpha value is -1.75. The Balaban J connectivity index is 2.01. The molecule has 0 amide bonds. The predicted molar refractivity (Wildman–Crippen MR) is 60.2 cm³/mol. The first-order valence-electron chi connectivity index (χ1n) is 5.33. The van der Waals surface area contributed by atoms with E-state index in [4.69, 9.17) is 0 Å². The van der Waals surface area contributed by atoms with Crippen LogP contribution in [0.5, 0.6) is 0 Å². The molecule has 1 atom stereocenters. The van der Waals surface area contributed by atoms with Gasteiger partial charge in [0.1, 0.15) is 11.6 Å². The van der Waals surface area contributed by atoms with E-state index in [2.05, 4.69) is 15.5 Å². The van der Waals surface area contributed by atoms with Crippen LogP contribution in [-0.4, -0.2) is 10.2 Å². The van der Waals surface area contributed by atoms with Crippen LogP contribution in [-0.2, 0) is 6.54 Å². The predicted octanol–water partition coefficient (Wildman–Crippen LogP) is 2.54. The molecule has 0 fully saturated rings. The second-order valence-electron chi connectivity index (χ2n) is 3.85. The lowest BCUT2D eigenvalue weighted by Crippen LogP contribution is -2.19. The molecule has 2 rings (SSSR count). The highest BCUT2D eigenvalue weighted by molar-refractivity contribution is 5.21. The molecule has 3 nitrogen and oxygen atoms in total. The molecule has 1 heterocycles. The molecule has 0 radical (unpaired) electrons. The third-order valence-corrected chi connectivity index (χ3v) is 2.59. The number of halogens is 2. The number of H-pyrrole nitrogens is 1. The molecule has 0 saturated heterocycles. The van der Waals surface area contributed by atoms with Gasteiger partial charge in [0.05, 0.1) is 0 Å². The topological polar surface area (TPSA) is 40.7 Å². The number of hydrogen-bond acceptors (Lipinski definition) is 2. The average molecular weight is 237 g/mol. The summed E-state index contributed by atoms with van der Waals surface area (Å²) >= 11 is 0. The molecule has 2 aromatic rings. The quantitative estimate of drug-likeness (QED) is 0.857. The van der Waals surface area contributed by atoms with E-state index < -0.39 is 11.6 Å². The number of hydrogen-bond donors (Lipinski definition) is 2. The first kappa shape index (κ1) is 11.7. The average Bonchev–Trinajstić information content (AvgIpc) is 2.78. The Morgan fingerprint density at radius 3 is 2.82 bits per heavy atom. The van der Waals surface area contributed by atoms with E-state index in [1.54, 1.807) is 6.20 Å². The molecule has 5 heteroatoms. The highest BCUT2D eigenvalue weighted by Gasteiger charge is 2.11. The van der Waals surface area contributed by atoms with Crippen LogP contribution in [0, 0.1) is 11.6 Å². The number of aromatic nitrogens is 2. The van der Waals surface area contributed by atoms with Crippen LogP contribution < -0.4 is 5.32 Å². The molecule has 17 heavy (non-hydrogen) atoms. The van der Waals surface area contributed by atoms with Gasteiger partial charge < -0.3 is 5.32 Å². The fourth-order valence-electron chi connectivity index (χ4n) is 1.61. The second kappa shape index (κ2) is 5.05. The van der Waals surface area contributed by atoms with E-state index in [1.807, 2.05) is 13.0 Å². The van der Waals surface area contributed by atoms with E-state index in [1.165, 1.54) is 12.1 Å². The highest BCUT2D eigenvalue weighted by atomic mass is 19.1. The number of rotatable bonds is 4. The minimum atomic E-state index is -0.563. The molecular weight excluding hydrogens is 224 g/mol. The van der Waals surface area contributed by atoms with Crippen molar-refractivity contribution in [1.82, 2.24) is 15.5 Å². The van der Waals surface area contributed by atoms with Gasteiger partial charge in [-0.05, 0) is 19.1 Å². The Morgan fingerprint density at radius 1 is 1.35 bits per heavy atom. The van der Waals surface area contributed by atoms with E-state index >= 15 is 0 Å². The maximum atomic E-state index is 13.5. The summed E-state index contributed by atoms with van der Waals surface area (Å²) in [6.45, 7) is 2.38. The lowest BCUT2D eigenvalue weighted by atomic mass is 10.1. The zero-order valence-corrected chi connectivity index (χ0v) is 9.37. The van der Waals surface area contributed by atoms with Crippen molar-refractivity contribution < 1.29 is 8.78 Å². The molecule has 0 bridgehead atoms. The van der Waals surface area contributed by atoms with Gasteiger partial charge in [0, 0.05) is 36.1 Å². The first-order chi connectivity index (χ1) is 8.16. The highest BCUT2D eigenvalue weighted by Crippen LogP contribution is 2.17. The summed E-state index contributed by atoms with van der Waals surface area (Å²) in [4.78, 5) is 0. The van der Waals surface area contributed by atoms with Crippen molar-refractivity contribution in [2.75, 3.05) is 0 Å². The van der Waals surface area contributed by atoms with Crippen molar-refractivity contribution >= 4 is 0 Å². The minimum Gasteiger partial charge on any atom is -0.304 e. The van der Waals surface area contributed by atoms with Crippen LogP contribution in [0.2, 0.25) is 0 Å². The molecule has 0 aliphatic rings. The van der Waals surface area contributed by atoms with Crippen molar-refractivity contribution in [3.05, 3.63) is 53.4 Å². The van der Waals surface area contributed by atoms with Crippen LogP contribution in [0.3, 0.4) is 0 Å². The van der Waals surface area contributed by atoms with Crippen molar-refractivity contribution in [1.29, 1.82) is 0 Å². The number of nitrogens with zero attached hydrogens (tertiary/aromatic N) is 1. The van der Waals surface area contributed by atoms with E-state index in [0.717, 1.165) is 11.8 Å². The second-order valence-corrected chi connectivity index (χ2v) is 3.85. The summed E-state index contributed by atoms with van der Waals surface area (Å²) in [5, 5.41) is 9.74. The Kier molecular flexibility index (Phi) is 3.49. The number of nitrogens with one attached hydrogen (secondary N) is 2. The molecule has 0 aliphatic heterocycles. The van der Waals surface area contributed by atoms with Crippen LogP contribution in [0.25, 0.3) is 0 Å². The van der Waals surface area contributed by atoms with Gasteiger partial charge in [0.25, 0.3) is 0 Å². The summed E-state index contributed by atoms with van der Waals surface area (Å²) in [7, 11) is 0. The van der Waals surface area contributed by atoms with Crippen LogP contribution >= 0.6 is 0 Å². The van der Waals surface area contributed by atoms with Gasteiger partial charge in [0.2, 0.25) is 0 Å². The smallest absolute Gasteiger partial charge is 0.130 e. The Labute approximate surface area is 97.9 Å². The first-order valence-corrected chi connectivity index (χ1v) is 5.33. The third kappa shape index (κ3) is 2.88. The molecule has 2 N–H and O–H groups in total. The third-order valence-electron chi connectivity index (χ3n) is 2.59. The van der Waals surface area contributed by atoms with Gasteiger partial charge in [-0.2, -0.15) is 5.10 Å². The maximum absolute atomic E-state index is 13.5.